The van der Waals surface area contributed by atoms with E-state index in [1.165, 1.54) is 39.3 Å². The van der Waals surface area contributed by atoms with E-state index in [0.29, 0.717) is 0 Å². The Balaban J connectivity index is 3.51. The average molecular weight is 215 g/mol. The molecule has 0 heterocycles. The fraction of sp³-hybridized carbons (Fsp3) is 1.00. The quantitative estimate of drug-likeness (QED) is 0.572. The normalized spacial score (nSPS) is 12.0. The molecule has 0 N–H and O–H groups in total. The van der Waals surface area contributed by atoms with Gasteiger partial charge in [0.2, 0.25) is 0 Å². The summed E-state index contributed by atoms with van der Waals surface area (Å²) < 4.78 is 0. The van der Waals surface area contributed by atoms with Gasteiger partial charge in [-0.05, 0) is 33.7 Å². The van der Waals surface area contributed by atoms with Crippen LogP contribution in [0, 0.1) is 0 Å². The number of hydrogen-bond acceptors (Lipinski definition) is 3. The van der Waals surface area contributed by atoms with E-state index in [-0.39, 0.29) is 0 Å². The topological polar surface area (TPSA) is 9.72 Å². The van der Waals surface area contributed by atoms with Gasteiger partial charge in [0, 0.05) is 26.2 Å². The maximum atomic E-state index is 2.47. The highest BCUT2D eigenvalue weighted by atomic mass is 15.2. The second kappa shape index (κ2) is 9.13. The highest BCUT2D eigenvalue weighted by Crippen LogP contribution is 1.90. The third kappa shape index (κ3) is 7.77. The largest absolute Gasteiger partial charge is 0.305 e. The number of rotatable bonds is 9. The molecule has 0 amide bonds. The van der Waals surface area contributed by atoms with E-state index in [0.717, 1.165) is 6.54 Å². The van der Waals surface area contributed by atoms with Crippen molar-refractivity contribution in [3.05, 3.63) is 0 Å². The summed E-state index contributed by atoms with van der Waals surface area (Å²) in [6.07, 6.45) is 0. The van der Waals surface area contributed by atoms with Gasteiger partial charge in [-0.2, -0.15) is 0 Å². The van der Waals surface area contributed by atoms with Gasteiger partial charge in [0.15, 0.2) is 0 Å². The lowest BCUT2D eigenvalue weighted by Crippen LogP contribution is -2.36. The predicted molar refractivity (Wildman–Crippen MR) is 68.5 cm³/mol. The van der Waals surface area contributed by atoms with Crippen LogP contribution in [0.2, 0.25) is 0 Å². The van der Waals surface area contributed by atoms with E-state index >= 15 is 0 Å². The number of likely N-dealkylation sites (N-methyl/N-ethyl adjacent to an activating group) is 3. The van der Waals surface area contributed by atoms with Gasteiger partial charge in [0.1, 0.15) is 0 Å². The Morgan fingerprint density at radius 2 is 1.07 bits per heavy atom. The highest BCUT2D eigenvalue weighted by molar-refractivity contribution is 4.59. The summed E-state index contributed by atoms with van der Waals surface area (Å²) in [5.74, 6) is 0. The molecule has 0 radical (unpaired) electrons. The van der Waals surface area contributed by atoms with Crippen molar-refractivity contribution in [3.8, 4) is 0 Å². The number of hydrogen-bond donors (Lipinski definition) is 0. The van der Waals surface area contributed by atoms with Gasteiger partial charge >= 0.3 is 0 Å². The molecule has 0 aromatic heterocycles. The fourth-order valence-corrected chi connectivity index (χ4v) is 1.46. The van der Waals surface area contributed by atoms with E-state index in [1.807, 2.05) is 0 Å². The molecule has 92 valence electrons. The molecule has 3 nitrogen and oxygen atoms in total. The SMILES string of the molecule is CCN(C)CCN(C)CCN(CC)CC. The van der Waals surface area contributed by atoms with Crippen molar-refractivity contribution in [3.63, 3.8) is 0 Å². The van der Waals surface area contributed by atoms with Crippen LogP contribution >= 0.6 is 0 Å². The maximum Gasteiger partial charge on any atom is 0.0109 e. The van der Waals surface area contributed by atoms with Crippen LogP contribution in [0.1, 0.15) is 20.8 Å². The molecule has 0 aromatic carbocycles. The Bertz CT molecular complexity index is 135. The van der Waals surface area contributed by atoms with Crippen molar-refractivity contribution in [1.29, 1.82) is 0 Å². The molecular formula is C12H29N3. The molecule has 15 heavy (non-hydrogen) atoms. The first kappa shape index (κ1) is 14.9. The van der Waals surface area contributed by atoms with Crippen molar-refractivity contribution >= 4 is 0 Å². The zero-order chi connectivity index (χ0) is 11.7. The molecule has 0 aliphatic carbocycles. The van der Waals surface area contributed by atoms with E-state index in [1.54, 1.807) is 0 Å². The van der Waals surface area contributed by atoms with Crippen LogP contribution in [-0.4, -0.2) is 74.6 Å². The maximum absolute atomic E-state index is 2.47. The van der Waals surface area contributed by atoms with Crippen molar-refractivity contribution in [2.45, 2.75) is 20.8 Å². The van der Waals surface area contributed by atoms with Crippen molar-refractivity contribution in [1.82, 2.24) is 14.7 Å². The van der Waals surface area contributed by atoms with E-state index < -0.39 is 0 Å². The molecule has 0 unspecified atom stereocenters. The molecule has 0 spiro atoms. The van der Waals surface area contributed by atoms with Crippen LogP contribution in [0.3, 0.4) is 0 Å². The zero-order valence-corrected chi connectivity index (χ0v) is 11.3. The Morgan fingerprint density at radius 1 is 0.600 bits per heavy atom. The van der Waals surface area contributed by atoms with Gasteiger partial charge in [0.25, 0.3) is 0 Å². The molecule has 0 saturated carbocycles. The second-order valence-corrected chi connectivity index (χ2v) is 4.23. The Morgan fingerprint density at radius 3 is 1.53 bits per heavy atom. The minimum atomic E-state index is 1.14. The zero-order valence-electron chi connectivity index (χ0n) is 11.3. The molecule has 0 atom stereocenters. The van der Waals surface area contributed by atoms with Crippen molar-refractivity contribution in [2.24, 2.45) is 0 Å². The Kier molecular flexibility index (Phi) is 9.06. The highest BCUT2D eigenvalue weighted by Gasteiger charge is 2.03. The summed E-state index contributed by atoms with van der Waals surface area (Å²) in [5.41, 5.74) is 0. The first-order chi connectivity index (χ1) is 7.13. The predicted octanol–water partition coefficient (Wildman–Crippen LogP) is 1.21. The van der Waals surface area contributed by atoms with Crippen molar-refractivity contribution in [2.75, 3.05) is 59.9 Å². The van der Waals surface area contributed by atoms with Crippen LogP contribution in [0.4, 0.5) is 0 Å². The third-order valence-corrected chi connectivity index (χ3v) is 3.10. The second-order valence-electron chi connectivity index (χ2n) is 4.23. The van der Waals surface area contributed by atoms with Crippen LogP contribution < -0.4 is 0 Å². The van der Waals surface area contributed by atoms with E-state index in [9.17, 15) is 0 Å². The van der Waals surface area contributed by atoms with Gasteiger partial charge in [-0.15, -0.1) is 0 Å². The minimum absolute atomic E-state index is 1.14. The summed E-state index contributed by atoms with van der Waals surface area (Å²) in [6.45, 7) is 14.9. The molecule has 0 fully saturated rings. The first-order valence-electron chi connectivity index (χ1n) is 6.23. The van der Waals surface area contributed by atoms with E-state index in [4.69, 9.17) is 0 Å². The fourth-order valence-electron chi connectivity index (χ4n) is 1.46. The Labute approximate surface area is 96.0 Å². The van der Waals surface area contributed by atoms with Crippen LogP contribution in [0.15, 0.2) is 0 Å². The molecular weight excluding hydrogens is 186 g/mol. The standard InChI is InChI=1S/C12H29N3/c1-6-13(4)9-10-14(5)11-12-15(7-2)8-3/h6-12H2,1-5H3. The molecule has 3 heteroatoms. The molecule has 0 rings (SSSR count). The van der Waals surface area contributed by atoms with Gasteiger partial charge in [0.05, 0.1) is 0 Å². The smallest absolute Gasteiger partial charge is 0.0109 e. The summed E-state index contributed by atoms with van der Waals surface area (Å²) in [5, 5.41) is 0. The lowest BCUT2D eigenvalue weighted by molar-refractivity contribution is 0.220. The summed E-state index contributed by atoms with van der Waals surface area (Å²) in [6, 6.07) is 0. The van der Waals surface area contributed by atoms with Gasteiger partial charge in [-0.1, -0.05) is 20.8 Å². The van der Waals surface area contributed by atoms with Crippen LogP contribution in [0.25, 0.3) is 0 Å². The van der Waals surface area contributed by atoms with Crippen LogP contribution in [-0.2, 0) is 0 Å². The summed E-state index contributed by atoms with van der Waals surface area (Å²) in [7, 11) is 4.39. The van der Waals surface area contributed by atoms with Crippen LogP contribution in [0.5, 0.6) is 0 Å². The molecule has 0 aliphatic rings. The summed E-state index contributed by atoms with van der Waals surface area (Å²) >= 11 is 0. The van der Waals surface area contributed by atoms with Gasteiger partial charge < -0.3 is 14.7 Å². The molecule has 0 bridgehead atoms. The lowest BCUT2D eigenvalue weighted by atomic mass is 10.4. The van der Waals surface area contributed by atoms with Crippen molar-refractivity contribution < 1.29 is 0 Å². The molecule has 0 aliphatic heterocycles. The minimum Gasteiger partial charge on any atom is -0.305 e. The lowest BCUT2D eigenvalue weighted by Gasteiger charge is -2.24. The Hall–Kier alpha value is -0.120. The monoisotopic (exact) mass is 215 g/mol. The number of nitrogens with zero attached hydrogens (tertiary/aromatic N) is 3. The van der Waals surface area contributed by atoms with Gasteiger partial charge in [-0.3, -0.25) is 0 Å². The van der Waals surface area contributed by atoms with E-state index in [2.05, 4.69) is 49.6 Å². The third-order valence-electron chi connectivity index (χ3n) is 3.10. The van der Waals surface area contributed by atoms with Gasteiger partial charge in [-0.25, -0.2) is 0 Å². The first-order valence-corrected chi connectivity index (χ1v) is 6.23. The molecule has 0 aromatic rings. The summed E-state index contributed by atoms with van der Waals surface area (Å²) in [4.78, 5) is 7.25. The average Bonchev–Trinajstić information content (AvgIpc) is 2.27. The molecule has 0 saturated heterocycles.